The van der Waals surface area contributed by atoms with Crippen molar-refractivity contribution in [2.75, 3.05) is 11.1 Å². The van der Waals surface area contributed by atoms with Crippen molar-refractivity contribution in [3.63, 3.8) is 0 Å². The molecular formula is C23H26N4O4S. The monoisotopic (exact) mass is 454 g/mol. The van der Waals surface area contributed by atoms with E-state index in [1.165, 1.54) is 18.7 Å². The number of thioether (sulfide) groups is 1. The predicted molar refractivity (Wildman–Crippen MR) is 124 cm³/mol. The number of rotatable bonds is 9. The summed E-state index contributed by atoms with van der Waals surface area (Å²) in [4.78, 5) is 47.9. The van der Waals surface area contributed by atoms with Gasteiger partial charge in [0.15, 0.2) is 5.78 Å². The quantitative estimate of drug-likeness (QED) is 0.431. The number of nitrogens with one attached hydrogen (secondary N) is 4. The fraction of sp³-hybridized carbons (Fsp3) is 0.304. The second-order valence-electron chi connectivity index (χ2n) is 7.47. The third-order valence-corrected chi connectivity index (χ3v) is 5.85. The molecule has 1 fully saturated rings. The summed E-state index contributed by atoms with van der Waals surface area (Å²) >= 11 is 1.24. The van der Waals surface area contributed by atoms with Gasteiger partial charge in [0.05, 0.1) is 5.75 Å². The maximum atomic E-state index is 12.3. The number of carbonyl (C=O) groups is 4. The van der Waals surface area contributed by atoms with Crippen molar-refractivity contribution in [2.45, 2.75) is 37.8 Å². The standard InChI is InChI=1S/C23H26N4O4S/c1-15(28)17-7-9-18(10-8-17)25-22(31)14-32-23-26-19(12-21(30)27-23)11-20(29)24-13-16-5-3-2-4-6-16/h2-10,19,23,26H,11-14H2,1H3,(H,24,29)(H,25,31)(H,27,30). The first-order valence-corrected chi connectivity index (χ1v) is 11.3. The van der Waals surface area contributed by atoms with Crippen LogP contribution in [0.2, 0.25) is 0 Å². The highest BCUT2D eigenvalue weighted by molar-refractivity contribution is 8.00. The van der Waals surface area contributed by atoms with Crippen LogP contribution in [0.25, 0.3) is 0 Å². The zero-order valence-corrected chi connectivity index (χ0v) is 18.5. The lowest BCUT2D eigenvalue weighted by Crippen LogP contribution is -2.56. The van der Waals surface area contributed by atoms with E-state index in [0.717, 1.165) is 5.56 Å². The van der Waals surface area contributed by atoms with Gasteiger partial charge in [-0.2, -0.15) is 0 Å². The summed E-state index contributed by atoms with van der Waals surface area (Å²) in [6.07, 6.45) is 0.372. The fourth-order valence-electron chi connectivity index (χ4n) is 3.20. The summed E-state index contributed by atoms with van der Waals surface area (Å²) in [5, 5.41) is 11.6. The first-order chi connectivity index (χ1) is 15.4. The Bertz CT molecular complexity index is 966. The van der Waals surface area contributed by atoms with E-state index in [1.807, 2.05) is 30.3 Å². The van der Waals surface area contributed by atoms with E-state index < -0.39 is 5.50 Å². The molecule has 1 aliphatic heterocycles. The second-order valence-corrected chi connectivity index (χ2v) is 8.57. The molecule has 3 amide bonds. The van der Waals surface area contributed by atoms with Gasteiger partial charge < -0.3 is 16.0 Å². The van der Waals surface area contributed by atoms with Gasteiger partial charge in [0.2, 0.25) is 17.7 Å². The molecule has 2 aromatic carbocycles. The minimum atomic E-state index is -0.464. The van der Waals surface area contributed by atoms with E-state index in [4.69, 9.17) is 0 Å². The maximum absolute atomic E-state index is 12.3. The Balaban J connectivity index is 1.42. The molecule has 1 heterocycles. The first kappa shape index (κ1) is 23.5. The molecule has 1 aliphatic rings. The van der Waals surface area contributed by atoms with Gasteiger partial charge >= 0.3 is 0 Å². The number of ketones is 1. The van der Waals surface area contributed by atoms with Crippen LogP contribution >= 0.6 is 11.8 Å². The molecule has 0 aromatic heterocycles. The van der Waals surface area contributed by atoms with Crippen molar-refractivity contribution in [2.24, 2.45) is 0 Å². The number of carbonyl (C=O) groups excluding carboxylic acids is 4. The van der Waals surface area contributed by atoms with Crippen LogP contribution in [0.15, 0.2) is 54.6 Å². The zero-order chi connectivity index (χ0) is 22.9. The average Bonchev–Trinajstić information content (AvgIpc) is 2.77. The van der Waals surface area contributed by atoms with Crippen LogP contribution in [0.1, 0.15) is 35.7 Å². The van der Waals surface area contributed by atoms with Gasteiger partial charge in [-0.3, -0.25) is 24.5 Å². The normalized spacial score (nSPS) is 17.8. The maximum Gasteiger partial charge on any atom is 0.234 e. The molecule has 8 nitrogen and oxygen atoms in total. The van der Waals surface area contributed by atoms with Crippen LogP contribution in [0, 0.1) is 0 Å². The predicted octanol–water partition coefficient (Wildman–Crippen LogP) is 2.03. The Morgan fingerprint density at radius 1 is 1.03 bits per heavy atom. The van der Waals surface area contributed by atoms with E-state index >= 15 is 0 Å². The van der Waals surface area contributed by atoms with Crippen molar-refractivity contribution in [1.82, 2.24) is 16.0 Å². The SMILES string of the molecule is CC(=O)c1ccc(NC(=O)CSC2NC(=O)CC(CC(=O)NCc3ccccc3)N2)cc1. The van der Waals surface area contributed by atoms with Gasteiger partial charge in [-0.15, -0.1) is 11.8 Å². The van der Waals surface area contributed by atoms with Crippen molar-refractivity contribution >= 4 is 41.0 Å². The van der Waals surface area contributed by atoms with Gasteiger partial charge in [0, 0.05) is 36.7 Å². The van der Waals surface area contributed by atoms with E-state index in [2.05, 4.69) is 21.3 Å². The van der Waals surface area contributed by atoms with Gasteiger partial charge in [-0.1, -0.05) is 30.3 Å². The number of anilines is 1. The van der Waals surface area contributed by atoms with Crippen molar-refractivity contribution in [3.05, 3.63) is 65.7 Å². The molecule has 0 saturated carbocycles. The Morgan fingerprint density at radius 2 is 1.75 bits per heavy atom. The Hall–Kier alpha value is -3.17. The molecule has 1 saturated heterocycles. The Morgan fingerprint density at radius 3 is 2.44 bits per heavy atom. The summed E-state index contributed by atoms with van der Waals surface area (Å²) in [6.45, 7) is 1.92. The summed E-state index contributed by atoms with van der Waals surface area (Å²) in [7, 11) is 0. The third kappa shape index (κ3) is 7.51. The van der Waals surface area contributed by atoms with Gasteiger partial charge in [-0.25, -0.2) is 0 Å². The molecule has 3 rings (SSSR count). The Kier molecular flexibility index (Phi) is 8.41. The van der Waals surface area contributed by atoms with Gasteiger partial charge in [0.25, 0.3) is 0 Å². The van der Waals surface area contributed by atoms with Crippen LogP contribution in [-0.2, 0) is 20.9 Å². The molecular weight excluding hydrogens is 428 g/mol. The smallest absolute Gasteiger partial charge is 0.234 e. The minimum absolute atomic E-state index is 0.0409. The number of hydrogen-bond acceptors (Lipinski definition) is 6. The zero-order valence-electron chi connectivity index (χ0n) is 17.7. The van der Waals surface area contributed by atoms with E-state index in [9.17, 15) is 19.2 Å². The first-order valence-electron chi connectivity index (χ1n) is 10.3. The molecule has 32 heavy (non-hydrogen) atoms. The lowest BCUT2D eigenvalue weighted by molar-refractivity contribution is -0.125. The molecule has 0 spiro atoms. The second kappa shape index (κ2) is 11.4. The summed E-state index contributed by atoms with van der Waals surface area (Å²) < 4.78 is 0. The summed E-state index contributed by atoms with van der Waals surface area (Å²) in [5.74, 6) is -0.469. The molecule has 0 bridgehead atoms. The molecule has 0 radical (unpaired) electrons. The van der Waals surface area contributed by atoms with Crippen LogP contribution in [0.5, 0.6) is 0 Å². The molecule has 0 aliphatic carbocycles. The summed E-state index contributed by atoms with van der Waals surface area (Å²) in [5.41, 5.74) is 1.71. The average molecular weight is 455 g/mol. The van der Waals surface area contributed by atoms with Crippen molar-refractivity contribution in [3.8, 4) is 0 Å². The van der Waals surface area contributed by atoms with Crippen LogP contribution in [0.4, 0.5) is 5.69 Å². The largest absolute Gasteiger partial charge is 0.352 e. The molecule has 2 unspecified atom stereocenters. The van der Waals surface area contributed by atoms with Crippen LogP contribution in [-0.4, -0.2) is 40.8 Å². The van der Waals surface area contributed by atoms with Crippen molar-refractivity contribution in [1.29, 1.82) is 0 Å². The highest BCUT2D eigenvalue weighted by atomic mass is 32.2. The van der Waals surface area contributed by atoms with E-state index in [1.54, 1.807) is 24.3 Å². The fourth-order valence-corrected chi connectivity index (χ4v) is 4.09. The highest BCUT2D eigenvalue weighted by Crippen LogP contribution is 2.16. The lowest BCUT2D eigenvalue weighted by Gasteiger charge is -2.30. The minimum Gasteiger partial charge on any atom is -0.352 e. The number of hydrogen-bond donors (Lipinski definition) is 4. The van der Waals surface area contributed by atoms with E-state index in [0.29, 0.717) is 17.8 Å². The molecule has 9 heteroatoms. The third-order valence-electron chi connectivity index (χ3n) is 4.83. The van der Waals surface area contributed by atoms with Crippen LogP contribution < -0.4 is 21.3 Å². The topological polar surface area (TPSA) is 116 Å². The summed E-state index contributed by atoms with van der Waals surface area (Å²) in [6, 6.07) is 15.9. The number of Topliss-reactive ketones (excluding diaryl/α,β-unsaturated/α-hetero) is 1. The van der Waals surface area contributed by atoms with Crippen molar-refractivity contribution < 1.29 is 19.2 Å². The molecule has 4 N–H and O–H groups in total. The Labute approximate surface area is 190 Å². The van der Waals surface area contributed by atoms with E-state index in [-0.39, 0.29) is 48.1 Å². The van der Waals surface area contributed by atoms with Gasteiger partial charge in [-0.05, 0) is 36.8 Å². The molecule has 168 valence electrons. The van der Waals surface area contributed by atoms with Gasteiger partial charge in [0.1, 0.15) is 5.50 Å². The molecule has 2 aromatic rings. The molecule has 2 atom stereocenters. The van der Waals surface area contributed by atoms with Crippen LogP contribution in [0.3, 0.4) is 0 Å². The number of amides is 3. The number of benzene rings is 2. The lowest BCUT2D eigenvalue weighted by atomic mass is 10.1. The highest BCUT2D eigenvalue weighted by Gasteiger charge is 2.28.